The Bertz CT molecular complexity index is 808. The van der Waals surface area contributed by atoms with E-state index in [4.69, 9.17) is 0 Å². The van der Waals surface area contributed by atoms with E-state index < -0.39 is 0 Å². The van der Waals surface area contributed by atoms with Crippen molar-refractivity contribution in [2.75, 3.05) is 13.1 Å². The highest BCUT2D eigenvalue weighted by molar-refractivity contribution is 8.18. The van der Waals surface area contributed by atoms with Gasteiger partial charge in [0.25, 0.3) is 17.1 Å². The zero-order valence-corrected chi connectivity index (χ0v) is 15.2. The quantitative estimate of drug-likeness (QED) is 0.808. The summed E-state index contributed by atoms with van der Waals surface area (Å²) in [4.78, 5) is 39.5. The second-order valence-corrected chi connectivity index (χ2v) is 7.93. The molecule has 0 aromatic carbocycles. The lowest BCUT2D eigenvalue weighted by atomic mass is 10.3. The number of carbonyl (C=O) groups is 3. The Balaban J connectivity index is 1.58. The number of hydrogen-bond acceptors (Lipinski definition) is 6. The predicted molar refractivity (Wildman–Crippen MR) is 98.4 cm³/mol. The van der Waals surface area contributed by atoms with E-state index in [0.717, 1.165) is 22.2 Å². The van der Waals surface area contributed by atoms with E-state index in [0.29, 0.717) is 9.78 Å². The molecule has 3 heterocycles. The number of hydrogen-bond donors (Lipinski definition) is 1. The third-order valence-corrected chi connectivity index (χ3v) is 6.12. The van der Waals surface area contributed by atoms with E-state index in [1.807, 2.05) is 35.9 Å². The summed E-state index contributed by atoms with van der Waals surface area (Å²) in [6.45, 7) is 2.28. The maximum Gasteiger partial charge on any atom is 0.293 e. The van der Waals surface area contributed by atoms with Gasteiger partial charge in [0.1, 0.15) is 0 Å². The molecular weight excluding hydrogens is 364 g/mol. The zero-order chi connectivity index (χ0) is 17.1. The number of thioether (sulfide) groups is 1. The molecule has 1 saturated heterocycles. The number of nitrogens with one attached hydrogen (secondary N) is 1. The van der Waals surface area contributed by atoms with E-state index in [1.54, 1.807) is 6.08 Å². The van der Waals surface area contributed by atoms with E-state index in [9.17, 15) is 14.4 Å². The first-order valence-corrected chi connectivity index (χ1v) is 9.75. The van der Waals surface area contributed by atoms with Gasteiger partial charge in [-0.25, -0.2) is 0 Å². The minimum absolute atomic E-state index is 0.169. The molecule has 2 aromatic rings. The molecule has 1 N–H and O–H groups in total. The molecule has 0 atom stereocenters. The summed E-state index contributed by atoms with van der Waals surface area (Å²) in [7, 11) is 0. The zero-order valence-electron chi connectivity index (χ0n) is 12.8. The largest absolute Gasteiger partial charge is 0.350 e. The Kier molecular flexibility index (Phi) is 5.17. The van der Waals surface area contributed by atoms with Gasteiger partial charge in [-0.15, -0.1) is 22.7 Å². The molecule has 0 bridgehead atoms. The van der Waals surface area contributed by atoms with Crippen LogP contribution in [0, 0.1) is 6.92 Å². The lowest BCUT2D eigenvalue weighted by Gasteiger charge is -2.12. The highest BCUT2D eigenvalue weighted by Gasteiger charge is 2.34. The lowest BCUT2D eigenvalue weighted by molar-refractivity contribution is -0.122. The summed E-state index contributed by atoms with van der Waals surface area (Å²) >= 11 is 3.81. The maximum absolute atomic E-state index is 12.3. The number of thiophene rings is 2. The molecule has 3 rings (SSSR count). The Morgan fingerprint density at radius 3 is 2.75 bits per heavy atom. The number of rotatable bonds is 5. The van der Waals surface area contributed by atoms with Crippen molar-refractivity contribution >= 4 is 57.6 Å². The van der Waals surface area contributed by atoms with Gasteiger partial charge in [0.15, 0.2) is 0 Å². The topological polar surface area (TPSA) is 66.5 Å². The fraction of sp³-hybridized carbons (Fsp3) is 0.188. The van der Waals surface area contributed by atoms with Crippen LogP contribution in [0.25, 0.3) is 6.08 Å². The molecule has 3 amide bonds. The average molecular weight is 379 g/mol. The van der Waals surface area contributed by atoms with Gasteiger partial charge in [-0.05, 0) is 53.2 Å². The first kappa shape index (κ1) is 16.9. The first-order chi connectivity index (χ1) is 11.6. The Morgan fingerprint density at radius 2 is 2.08 bits per heavy atom. The molecule has 5 nitrogen and oxygen atoms in total. The van der Waals surface area contributed by atoms with Gasteiger partial charge < -0.3 is 5.32 Å². The molecule has 0 radical (unpaired) electrons. The van der Waals surface area contributed by atoms with Crippen LogP contribution in [-0.4, -0.2) is 35.0 Å². The van der Waals surface area contributed by atoms with Crippen molar-refractivity contribution in [2.45, 2.75) is 6.92 Å². The third-order valence-electron chi connectivity index (χ3n) is 3.38. The van der Waals surface area contributed by atoms with Crippen LogP contribution >= 0.6 is 34.4 Å². The fourth-order valence-corrected chi connectivity index (χ4v) is 4.59. The standard InChI is InChI=1S/C16H14N2O3S3/c1-10-4-8-23-13(10)14(19)17-5-6-18-15(20)12(24-16(18)21)9-11-3-2-7-22-11/h2-4,7-9H,5-6H2,1H3,(H,17,19). The molecule has 0 spiro atoms. The molecule has 0 aliphatic carbocycles. The number of carbonyl (C=O) groups excluding carboxylic acids is 3. The second kappa shape index (κ2) is 7.33. The van der Waals surface area contributed by atoms with Crippen LogP contribution in [-0.2, 0) is 4.79 Å². The van der Waals surface area contributed by atoms with Gasteiger partial charge in [-0.3, -0.25) is 19.3 Å². The summed E-state index contributed by atoms with van der Waals surface area (Å²) < 4.78 is 0. The first-order valence-electron chi connectivity index (χ1n) is 7.17. The van der Waals surface area contributed by atoms with Crippen molar-refractivity contribution in [1.29, 1.82) is 0 Å². The number of imide groups is 1. The van der Waals surface area contributed by atoms with Crippen LogP contribution in [0.1, 0.15) is 20.1 Å². The summed E-state index contributed by atoms with van der Waals surface area (Å²) in [5, 5.41) is 6.22. The van der Waals surface area contributed by atoms with Gasteiger partial charge >= 0.3 is 0 Å². The van der Waals surface area contributed by atoms with Crippen LogP contribution in [0.3, 0.4) is 0 Å². The molecule has 1 aliphatic heterocycles. The smallest absolute Gasteiger partial charge is 0.293 e. The average Bonchev–Trinajstić information content (AvgIpc) is 3.25. The lowest BCUT2D eigenvalue weighted by Crippen LogP contribution is -2.37. The van der Waals surface area contributed by atoms with E-state index in [1.165, 1.54) is 27.6 Å². The molecule has 1 aliphatic rings. The van der Waals surface area contributed by atoms with Gasteiger partial charge in [-0.2, -0.15) is 0 Å². The summed E-state index contributed by atoms with van der Waals surface area (Å²) in [5.74, 6) is -0.483. The fourth-order valence-electron chi connectivity index (χ4n) is 2.16. The maximum atomic E-state index is 12.3. The Morgan fingerprint density at radius 1 is 1.25 bits per heavy atom. The summed E-state index contributed by atoms with van der Waals surface area (Å²) in [6.07, 6.45) is 1.73. The van der Waals surface area contributed by atoms with E-state index >= 15 is 0 Å². The molecular formula is C16H14N2O3S3. The molecule has 124 valence electrons. The minimum Gasteiger partial charge on any atom is -0.350 e. The SMILES string of the molecule is Cc1ccsc1C(=O)NCCN1C(=O)SC(=Cc2cccs2)C1=O. The minimum atomic E-state index is -0.306. The van der Waals surface area contributed by atoms with Crippen LogP contribution in [0.15, 0.2) is 33.9 Å². The number of aryl methyl sites for hydroxylation is 1. The Labute approximate surface area is 151 Å². The molecule has 2 aromatic heterocycles. The van der Waals surface area contributed by atoms with Gasteiger partial charge in [0.2, 0.25) is 0 Å². The summed E-state index contributed by atoms with van der Waals surface area (Å²) in [6, 6.07) is 5.66. The number of nitrogens with zero attached hydrogens (tertiary/aromatic N) is 1. The molecule has 24 heavy (non-hydrogen) atoms. The van der Waals surface area contributed by atoms with Crippen LogP contribution < -0.4 is 5.32 Å². The van der Waals surface area contributed by atoms with Crippen molar-refractivity contribution in [3.05, 3.63) is 49.2 Å². The summed E-state index contributed by atoms with van der Waals surface area (Å²) in [5.41, 5.74) is 0.919. The molecule has 0 saturated carbocycles. The van der Waals surface area contributed by atoms with Crippen LogP contribution in [0.5, 0.6) is 0 Å². The Hall–Kier alpha value is -1.90. The number of amides is 3. The molecule has 0 unspecified atom stereocenters. The van der Waals surface area contributed by atoms with Gasteiger partial charge in [0, 0.05) is 18.0 Å². The van der Waals surface area contributed by atoms with Crippen molar-refractivity contribution in [3.8, 4) is 0 Å². The highest BCUT2D eigenvalue weighted by Crippen LogP contribution is 2.32. The van der Waals surface area contributed by atoms with Crippen LogP contribution in [0.4, 0.5) is 4.79 Å². The van der Waals surface area contributed by atoms with E-state index in [2.05, 4.69) is 5.32 Å². The second-order valence-electron chi connectivity index (χ2n) is 5.04. The normalized spacial score (nSPS) is 16.2. The van der Waals surface area contributed by atoms with E-state index in [-0.39, 0.29) is 30.1 Å². The van der Waals surface area contributed by atoms with Crippen LogP contribution in [0.2, 0.25) is 0 Å². The van der Waals surface area contributed by atoms with Crippen molar-refractivity contribution in [2.24, 2.45) is 0 Å². The monoisotopic (exact) mass is 378 g/mol. The van der Waals surface area contributed by atoms with Crippen molar-refractivity contribution < 1.29 is 14.4 Å². The van der Waals surface area contributed by atoms with Gasteiger partial charge in [-0.1, -0.05) is 6.07 Å². The molecule has 8 heteroatoms. The van der Waals surface area contributed by atoms with Crippen molar-refractivity contribution in [3.63, 3.8) is 0 Å². The predicted octanol–water partition coefficient (Wildman–Crippen LogP) is 3.58. The highest BCUT2D eigenvalue weighted by atomic mass is 32.2. The molecule has 1 fully saturated rings. The van der Waals surface area contributed by atoms with Gasteiger partial charge in [0.05, 0.1) is 9.78 Å². The third kappa shape index (κ3) is 3.61. The van der Waals surface area contributed by atoms with Crippen molar-refractivity contribution in [1.82, 2.24) is 10.2 Å².